The number of carbonyl (C=O) groups is 3. The maximum absolute atomic E-state index is 13.1. The number of carbonyl (C=O) groups excluding carboxylic acids is 3. The molecule has 1 saturated carbocycles. The molecule has 1 atom stereocenters. The Bertz CT molecular complexity index is 957. The fourth-order valence-corrected chi connectivity index (χ4v) is 3.53. The summed E-state index contributed by atoms with van der Waals surface area (Å²) >= 11 is 0. The second kappa shape index (κ2) is 8.14. The van der Waals surface area contributed by atoms with Gasteiger partial charge in [0.25, 0.3) is 5.91 Å². The van der Waals surface area contributed by atoms with Crippen LogP contribution in [0.1, 0.15) is 24.8 Å². The van der Waals surface area contributed by atoms with Crippen molar-refractivity contribution >= 4 is 23.5 Å². The second-order valence-electron chi connectivity index (χ2n) is 7.46. The highest BCUT2D eigenvalue weighted by atomic mass is 19.1. The summed E-state index contributed by atoms with van der Waals surface area (Å²) in [5.74, 6) is -0.424. The number of halogens is 1. The van der Waals surface area contributed by atoms with Gasteiger partial charge in [0.1, 0.15) is 17.6 Å². The normalized spacial score (nSPS) is 18.3. The Balaban J connectivity index is 1.44. The van der Waals surface area contributed by atoms with Gasteiger partial charge in [-0.25, -0.2) is 14.1 Å². The predicted octanol–water partition coefficient (Wildman–Crippen LogP) is 2.84. The van der Waals surface area contributed by atoms with Crippen LogP contribution in [0.2, 0.25) is 0 Å². The van der Waals surface area contributed by atoms with E-state index in [1.54, 1.807) is 12.0 Å². The Morgan fingerprint density at radius 1 is 1.13 bits per heavy atom. The number of rotatable bonds is 7. The van der Waals surface area contributed by atoms with Crippen LogP contribution in [0.25, 0.3) is 0 Å². The van der Waals surface area contributed by atoms with Gasteiger partial charge in [-0.15, -0.1) is 0 Å². The van der Waals surface area contributed by atoms with E-state index in [0.717, 1.165) is 29.1 Å². The summed E-state index contributed by atoms with van der Waals surface area (Å²) < 4.78 is 18.3. The molecular weight excluding hydrogens is 389 g/mol. The van der Waals surface area contributed by atoms with Crippen molar-refractivity contribution in [3.05, 3.63) is 59.9 Å². The number of nitrogens with one attached hydrogen (secondary N) is 1. The molecule has 1 N–H and O–H groups in total. The molecule has 0 aromatic heterocycles. The molecule has 1 aliphatic heterocycles. The second-order valence-corrected chi connectivity index (χ2v) is 7.46. The van der Waals surface area contributed by atoms with Gasteiger partial charge >= 0.3 is 6.03 Å². The van der Waals surface area contributed by atoms with Crippen molar-refractivity contribution in [2.75, 3.05) is 12.0 Å². The summed E-state index contributed by atoms with van der Waals surface area (Å²) in [6.07, 6.45) is 1.73. The molecule has 0 spiro atoms. The van der Waals surface area contributed by atoms with Gasteiger partial charge in [-0.05, 0) is 54.8 Å². The highest BCUT2D eigenvalue weighted by molar-refractivity contribution is 6.22. The highest BCUT2D eigenvalue weighted by Gasteiger charge is 2.42. The third kappa shape index (κ3) is 4.12. The number of benzene rings is 2. The first kappa shape index (κ1) is 19.9. The number of hydrogen-bond donors (Lipinski definition) is 1. The van der Waals surface area contributed by atoms with E-state index < -0.39 is 23.8 Å². The number of anilines is 1. The van der Waals surface area contributed by atoms with Gasteiger partial charge in [0.05, 0.1) is 19.2 Å². The number of urea groups is 1. The lowest BCUT2D eigenvalue weighted by molar-refractivity contribution is -0.134. The van der Waals surface area contributed by atoms with Crippen LogP contribution in [-0.4, -0.2) is 41.9 Å². The number of amides is 4. The van der Waals surface area contributed by atoms with Crippen LogP contribution in [0.15, 0.2) is 48.5 Å². The van der Waals surface area contributed by atoms with E-state index in [2.05, 4.69) is 5.32 Å². The first-order valence-corrected chi connectivity index (χ1v) is 9.78. The van der Waals surface area contributed by atoms with E-state index in [0.29, 0.717) is 6.54 Å². The number of hydrogen-bond acceptors (Lipinski definition) is 4. The number of ether oxygens (including phenoxy) is 1. The first-order chi connectivity index (χ1) is 14.5. The average molecular weight is 411 g/mol. The molecule has 2 aliphatic rings. The minimum absolute atomic E-state index is 0.116. The summed E-state index contributed by atoms with van der Waals surface area (Å²) in [6, 6.07) is 11.2. The summed E-state index contributed by atoms with van der Waals surface area (Å²) in [4.78, 5) is 40.7. The third-order valence-corrected chi connectivity index (χ3v) is 5.30. The Labute approximate surface area is 173 Å². The summed E-state index contributed by atoms with van der Waals surface area (Å²) in [6.45, 7) is 0.435. The lowest BCUT2D eigenvalue weighted by Crippen LogP contribution is -2.39. The average Bonchev–Trinajstić information content (AvgIpc) is 3.54. The first-order valence-electron chi connectivity index (χ1n) is 9.78. The molecule has 1 aliphatic carbocycles. The molecule has 7 nitrogen and oxygen atoms in total. The van der Waals surface area contributed by atoms with Crippen LogP contribution in [0.3, 0.4) is 0 Å². The SMILES string of the molecule is COc1ccc(CN(C(=O)C[C@@H]2NC(=O)N(c3ccc(F)cc3)C2=O)C2CC2)cc1. The standard InChI is InChI=1S/C22H22FN3O4/c1-30-18-10-2-14(3-11-18)13-25(16-8-9-16)20(27)12-19-21(28)26(22(29)24-19)17-6-4-15(23)5-7-17/h2-7,10-11,16,19H,8-9,12-13H2,1H3,(H,24,29)/t19-/m0/s1. The Morgan fingerprint density at radius 2 is 1.80 bits per heavy atom. The molecule has 4 rings (SSSR count). The Kier molecular flexibility index (Phi) is 5.39. The highest BCUT2D eigenvalue weighted by Crippen LogP contribution is 2.30. The molecular formula is C22H22FN3O4. The van der Waals surface area contributed by atoms with E-state index in [9.17, 15) is 18.8 Å². The maximum atomic E-state index is 13.1. The summed E-state index contributed by atoms with van der Waals surface area (Å²) in [5, 5.41) is 2.57. The van der Waals surface area contributed by atoms with Gasteiger partial charge in [-0.3, -0.25) is 9.59 Å². The van der Waals surface area contributed by atoms with Crippen LogP contribution in [-0.2, 0) is 16.1 Å². The molecule has 2 aromatic rings. The number of methoxy groups -OCH3 is 1. The lowest BCUT2D eigenvalue weighted by atomic mass is 10.1. The molecule has 2 fully saturated rings. The van der Waals surface area contributed by atoms with Crippen LogP contribution in [0.5, 0.6) is 5.75 Å². The van der Waals surface area contributed by atoms with Crippen LogP contribution in [0, 0.1) is 5.82 Å². The minimum atomic E-state index is -0.938. The van der Waals surface area contributed by atoms with Crippen molar-refractivity contribution in [1.82, 2.24) is 10.2 Å². The predicted molar refractivity (Wildman–Crippen MR) is 107 cm³/mol. The Morgan fingerprint density at radius 3 is 2.40 bits per heavy atom. The van der Waals surface area contributed by atoms with E-state index in [-0.39, 0.29) is 24.1 Å². The van der Waals surface area contributed by atoms with Crippen molar-refractivity contribution in [2.45, 2.75) is 37.9 Å². The quantitative estimate of drug-likeness (QED) is 0.711. The molecule has 8 heteroatoms. The van der Waals surface area contributed by atoms with Gasteiger partial charge in [-0.2, -0.15) is 0 Å². The largest absolute Gasteiger partial charge is 0.497 e. The molecule has 0 unspecified atom stereocenters. The molecule has 156 valence electrons. The van der Waals surface area contributed by atoms with Gasteiger partial charge in [0.2, 0.25) is 5.91 Å². The zero-order valence-electron chi connectivity index (χ0n) is 16.5. The minimum Gasteiger partial charge on any atom is -0.497 e. The van der Waals surface area contributed by atoms with E-state index in [4.69, 9.17) is 4.74 Å². The topological polar surface area (TPSA) is 79.0 Å². The van der Waals surface area contributed by atoms with Crippen LogP contribution < -0.4 is 15.0 Å². The smallest absolute Gasteiger partial charge is 0.329 e. The Hall–Kier alpha value is -3.42. The van der Waals surface area contributed by atoms with Gasteiger partial charge in [0.15, 0.2) is 0 Å². The van der Waals surface area contributed by atoms with Crippen molar-refractivity contribution in [1.29, 1.82) is 0 Å². The summed E-state index contributed by atoms with van der Waals surface area (Å²) in [7, 11) is 1.59. The third-order valence-electron chi connectivity index (χ3n) is 5.30. The molecule has 0 bridgehead atoms. The van der Waals surface area contributed by atoms with Crippen molar-refractivity contribution in [3.63, 3.8) is 0 Å². The molecule has 0 radical (unpaired) electrons. The van der Waals surface area contributed by atoms with Gasteiger partial charge in [-0.1, -0.05) is 12.1 Å². The number of nitrogens with zero attached hydrogens (tertiary/aromatic N) is 2. The molecule has 4 amide bonds. The molecule has 1 heterocycles. The van der Waals surface area contributed by atoms with E-state index in [1.807, 2.05) is 24.3 Å². The van der Waals surface area contributed by atoms with Crippen molar-refractivity contribution in [3.8, 4) is 5.75 Å². The van der Waals surface area contributed by atoms with E-state index in [1.165, 1.54) is 24.3 Å². The van der Waals surface area contributed by atoms with Crippen LogP contribution in [0.4, 0.5) is 14.9 Å². The molecule has 2 aromatic carbocycles. The van der Waals surface area contributed by atoms with Gasteiger partial charge < -0.3 is 15.0 Å². The number of imide groups is 1. The molecule has 1 saturated heterocycles. The van der Waals surface area contributed by atoms with Crippen LogP contribution >= 0.6 is 0 Å². The maximum Gasteiger partial charge on any atom is 0.329 e. The fraction of sp³-hybridized carbons (Fsp3) is 0.318. The fourth-order valence-electron chi connectivity index (χ4n) is 3.53. The van der Waals surface area contributed by atoms with Crippen molar-refractivity contribution < 1.29 is 23.5 Å². The monoisotopic (exact) mass is 411 g/mol. The molecule has 30 heavy (non-hydrogen) atoms. The van der Waals surface area contributed by atoms with E-state index >= 15 is 0 Å². The lowest BCUT2D eigenvalue weighted by Gasteiger charge is -2.24. The summed E-state index contributed by atoms with van der Waals surface area (Å²) in [5.41, 5.74) is 1.23. The zero-order valence-corrected chi connectivity index (χ0v) is 16.5. The van der Waals surface area contributed by atoms with Gasteiger partial charge in [0, 0.05) is 12.6 Å². The van der Waals surface area contributed by atoms with Crippen molar-refractivity contribution in [2.24, 2.45) is 0 Å². The zero-order chi connectivity index (χ0) is 21.3.